The van der Waals surface area contributed by atoms with Gasteiger partial charge >= 0.3 is 0 Å². The van der Waals surface area contributed by atoms with E-state index in [1.165, 1.54) is 19.2 Å². The molecule has 1 rings (SSSR count). The van der Waals surface area contributed by atoms with Gasteiger partial charge in [0.2, 0.25) is 0 Å². The maximum Gasteiger partial charge on any atom is 0.171 e. The van der Waals surface area contributed by atoms with Crippen molar-refractivity contribution in [2.24, 2.45) is 17.6 Å². The molecule has 1 aromatic rings. The molecule has 96 valence electrons. The van der Waals surface area contributed by atoms with Gasteiger partial charge in [0.05, 0.1) is 7.11 Å². The standard InChI is InChI=1S/C13H19F2NO/c1-8(2)10(7-16)12(14)9-5-4-6-11(17-3)13(9)15/h4-6,8,10,12H,7,16H2,1-3H3. The highest BCUT2D eigenvalue weighted by atomic mass is 19.1. The minimum atomic E-state index is -1.41. The molecule has 2 unspecified atom stereocenters. The van der Waals surface area contributed by atoms with Crippen LogP contribution in [0.3, 0.4) is 0 Å². The van der Waals surface area contributed by atoms with Gasteiger partial charge in [-0.15, -0.1) is 0 Å². The zero-order valence-electron chi connectivity index (χ0n) is 10.4. The third-order valence-electron chi connectivity index (χ3n) is 3.01. The Morgan fingerprint density at radius 3 is 2.47 bits per heavy atom. The average molecular weight is 243 g/mol. The molecule has 0 aromatic heterocycles. The Kier molecular flexibility index (Phi) is 4.87. The van der Waals surface area contributed by atoms with Gasteiger partial charge in [-0.3, -0.25) is 0 Å². The van der Waals surface area contributed by atoms with Crippen LogP contribution in [0, 0.1) is 17.7 Å². The summed E-state index contributed by atoms with van der Waals surface area (Å²) in [7, 11) is 1.36. The van der Waals surface area contributed by atoms with Crippen LogP contribution < -0.4 is 10.5 Å². The van der Waals surface area contributed by atoms with Gasteiger partial charge in [-0.1, -0.05) is 26.0 Å². The second kappa shape index (κ2) is 5.96. The highest BCUT2D eigenvalue weighted by Crippen LogP contribution is 2.34. The molecule has 2 nitrogen and oxygen atoms in total. The summed E-state index contributed by atoms with van der Waals surface area (Å²) >= 11 is 0. The molecule has 17 heavy (non-hydrogen) atoms. The van der Waals surface area contributed by atoms with Gasteiger partial charge in [0, 0.05) is 11.5 Å². The van der Waals surface area contributed by atoms with Crippen LogP contribution in [-0.2, 0) is 0 Å². The van der Waals surface area contributed by atoms with E-state index in [0.717, 1.165) is 0 Å². The lowest BCUT2D eigenvalue weighted by Crippen LogP contribution is -2.25. The molecule has 0 saturated carbocycles. The summed E-state index contributed by atoms with van der Waals surface area (Å²) in [6.07, 6.45) is -1.41. The van der Waals surface area contributed by atoms with Gasteiger partial charge in [0.1, 0.15) is 6.17 Å². The van der Waals surface area contributed by atoms with Crippen molar-refractivity contribution < 1.29 is 13.5 Å². The molecule has 4 heteroatoms. The predicted molar refractivity (Wildman–Crippen MR) is 64.2 cm³/mol. The molecule has 0 aliphatic carbocycles. The van der Waals surface area contributed by atoms with E-state index in [2.05, 4.69) is 0 Å². The lowest BCUT2D eigenvalue weighted by atomic mass is 9.87. The summed E-state index contributed by atoms with van der Waals surface area (Å²) in [6, 6.07) is 4.49. The Bertz CT molecular complexity index is 368. The number of hydrogen-bond acceptors (Lipinski definition) is 2. The van der Waals surface area contributed by atoms with Crippen LogP contribution in [0.1, 0.15) is 25.6 Å². The van der Waals surface area contributed by atoms with Crippen molar-refractivity contribution in [2.45, 2.75) is 20.0 Å². The van der Waals surface area contributed by atoms with Gasteiger partial charge < -0.3 is 10.5 Å². The number of hydrogen-bond donors (Lipinski definition) is 1. The number of rotatable bonds is 5. The molecule has 0 saturated heterocycles. The van der Waals surface area contributed by atoms with E-state index in [4.69, 9.17) is 10.5 Å². The SMILES string of the molecule is COc1cccc(C(F)C(CN)C(C)C)c1F. The van der Waals surface area contributed by atoms with Crippen molar-refractivity contribution in [3.63, 3.8) is 0 Å². The summed E-state index contributed by atoms with van der Waals surface area (Å²) in [5.41, 5.74) is 5.56. The van der Waals surface area contributed by atoms with E-state index in [1.807, 2.05) is 13.8 Å². The number of halogens is 2. The van der Waals surface area contributed by atoms with Crippen LogP contribution in [0.15, 0.2) is 18.2 Å². The van der Waals surface area contributed by atoms with Crippen molar-refractivity contribution in [1.29, 1.82) is 0 Å². The van der Waals surface area contributed by atoms with Crippen molar-refractivity contribution in [3.05, 3.63) is 29.6 Å². The summed E-state index contributed by atoms with van der Waals surface area (Å²) in [5, 5.41) is 0. The Morgan fingerprint density at radius 1 is 1.35 bits per heavy atom. The second-order valence-electron chi connectivity index (χ2n) is 4.41. The van der Waals surface area contributed by atoms with E-state index in [1.54, 1.807) is 6.07 Å². The van der Waals surface area contributed by atoms with Gasteiger partial charge in [0.25, 0.3) is 0 Å². The molecule has 1 aromatic carbocycles. The van der Waals surface area contributed by atoms with Crippen molar-refractivity contribution in [1.82, 2.24) is 0 Å². The van der Waals surface area contributed by atoms with Crippen LogP contribution in [0.4, 0.5) is 8.78 Å². The van der Waals surface area contributed by atoms with Crippen LogP contribution in [0.2, 0.25) is 0 Å². The third-order valence-corrected chi connectivity index (χ3v) is 3.01. The molecule has 0 aliphatic rings. The molecule has 0 heterocycles. The van der Waals surface area contributed by atoms with Crippen LogP contribution >= 0.6 is 0 Å². The van der Waals surface area contributed by atoms with E-state index in [0.29, 0.717) is 0 Å². The number of methoxy groups -OCH3 is 1. The monoisotopic (exact) mass is 243 g/mol. The number of ether oxygens (including phenoxy) is 1. The van der Waals surface area contributed by atoms with Gasteiger partial charge in [0.15, 0.2) is 11.6 Å². The lowest BCUT2D eigenvalue weighted by molar-refractivity contribution is 0.183. The molecule has 0 fully saturated rings. The first-order chi connectivity index (χ1) is 8.02. The molecule has 0 bridgehead atoms. The van der Waals surface area contributed by atoms with E-state index < -0.39 is 17.9 Å². The lowest BCUT2D eigenvalue weighted by Gasteiger charge is -2.24. The quantitative estimate of drug-likeness (QED) is 0.862. The Hall–Kier alpha value is -1.16. The topological polar surface area (TPSA) is 35.2 Å². The molecule has 0 aliphatic heterocycles. The predicted octanol–water partition coefficient (Wildman–Crippen LogP) is 3.08. The smallest absolute Gasteiger partial charge is 0.171 e. The fourth-order valence-corrected chi connectivity index (χ4v) is 1.86. The molecule has 0 spiro atoms. The van der Waals surface area contributed by atoms with Crippen molar-refractivity contribution in [3.8, 4) is 5.75 Å². The molecule has 2 N–H and O–H groups in total. The number of benzene rings is 1. The van der Waals surface area contributed by atoms with Crippen molar-refractivity contribution >= 4 is 0 Å². The first kappa shape index (κ1) is 13.9. The molecule has 0 radical (unpaired) electrons. The van der Waals surface area contributed by atoms with Crippen LogP contribution in [-0.4, -0.2) is 13.7 Å². The van der Waals surface area contributed by atoms with Gasteiger partial charge in [-0.05, 0) is 18.5 Å². The number of nitrogens with two attached hydrogens (primary N) is 1. The molecule has 0 amide bonds. The first-order valence-electron chi connectivity index (χ1n) is 5.69. The summed E-state index contributed by atoms with van der Waals surface area (Å²) in [5.74, 6) is -0.913. The van der Waals surface area contributed by atoms with Gasteiger partial charge in [-0.25, -0.2) is 8.78 Å². The Morgan fingerprint density at radius 2 is 2.00 bits per heavy atom. The highest BCUT2D eigenvalue weighted by molar-refractivity contribution is 5.32. The summed E-state index contributed by atoms with van der Waals surface area (Å²) in [6.45, 7) is 3.94. The largest absolute Gasteiger partial charge is 0.494 e. The molecular formula is C13H19F2NO. The Balaban J connectivity index is 3.07. The average Bonchev–Trinajstić information content (AvgIpc) is 2.29. The van der Waals surface area contributed by atoms with Crippen LogP contribution in [0.5, 0.6) is 5.75 Å². The third kappa shape index (κ3) is 2.94. The number of alkyl halides is 1. The summed E-state index contributed by atoms with van der Waals surface area (Å²) < 4.78 is 33.0. The minimum absolute atomic E-state index is 0.0218. The molecule has 2 atom stereocenters. The second-order valence-corrected chi connectivity index (χ2v) is 4.41. The Labute approximate surface area is 101 Å². The fraction of sp³-hybridized carbons (Fsp3) is 0.538. The maximum atomic E-state index is 14.3. The van der Waals surface area contributed by atoms with E-state index >= 15 is 0 Å². The van der Waals surface area contributed by atoms with Crippen molar-refractivity contribution in [2.75, 3.05) is 13.7 Å². The zero-order chi connectivity index (χ0) is 13.0. The highest BCUT2D eigenvalue weighted by Gasteiger charge is 2.27. The van der Waals surface area contributed by atoms with Gasteiger partial charge in [-0.2, -0.15) is 0 Å². The fourth-order valence-electron chi connectivity index (χ4n) is 1.86. The maximum absolute atomic E-state index is 14.3. The van der Waals surface area contributed by atoms with E-state index in [-0.39, 0.29) is 23.8 Å². The van der Waals surface area contributed by atoms with E-state index in [9.17, 15) is 8.78 Å². The first-order valence-corrected chi connectivity index (χ1v) is 5.69. The van der Waals surface area contributed by atoms with Crippen LogP contribution in [0.25, 0.3) is 0 Å². The normalized spacial score (nSPS) is 14.8. The minimum Gasteiger partial charge on any atom is -0.494 e. The zero-order valence-corrected chi connectivity index (χ0v) is 10.4. The summed E-state index contributed by atoms with van der Waals surface area (Å²) in [4.78, 5) is 0. The molecular weight excluding hydrogens is 224 g/mol.